The number of alkyl halides is 1. The normalized spacial score (nSPS) is 7.62. The maximum Gasteiger partial charge on any atom is 0.119 e. The van der Waals surface area contributed by atoms with Crippen molar-refractivity contribution in [3.8, 4) is 11.5 Å². The molecule has 0 spiro atoms. The molecule has 0 amide bonds. The number of benzene rings is 2. The first-order chi connectivity index (χ1) is 39.2. The largest absolute Gasteiger partial charge is 0.508 e. The zero-order valence-electron chi connectivity index (χ0n) is 45.9. The van der Waals surface area contributed by atoms with Crippen LogP contribution in [-0.4, -0.2) is 254 Å². The van der Waals surface area contributed by atoms with Gasteiger partial charge in [-0.2, -0.15) is 0 Å². The number of hydrogen-bond acceptors (Lipinski definition) is 6. The van der Waals surface area contributed by atoms with Gasteiger partial charge in [0.15, 0.2) is 0 Å². The number of methoxy groups -OCH3 is 2. The van der Waals surface area contributed by atoms with Gasteiger partial charge in [0.25, 0.3) is 0 Å². The van der Waals surface area contributed by atoms with Crippen molar-refractivity contribution in [3.63, 3.8) is 0 Å². The third-order valence-corrected chi connectivity index (χ3v) is 10.2. The van der Waals surface area contributed by atoms with E-state index in [1.165, 1.54) is 6.07 Å². The van der Waals surface area contributed by atoms with E-state index in [-0.39, 0.29) is 19.0 Å². The lowest BCUT2D eigenvalue weighted by Crippen LogP contribution is -2.87. The summed E-state index contributed by atoms with van der Waals surface area (Å²) >= 11 is 3.18. The van der Waals surface area contributed by atoms with E-state index in [4.69, 9.17) is 141 Å². The average Bonchev–Trinajstić information content (AvgIpc) is 3.42. The lowest BCUT2D eigenvalue weighted by molar-refractivity contribution is 0.146. The van der Waals surface area contributed by atoms with E-state index in [2.05, 4.69) is 177 Å². The van der Waals surface area contributed by atoms with Crippen molar-refractivity contribution in [1.82, 2.24) is 0 Å². The van der Waals surface area contributed by atoms with Crippen LogP contribution in [0.1, 0.15) is 11.1 Å². The van der Waals surface area contributed by atoms with Crippen molar-refractivity contribution < 1.29 is 29.5 Å². The highest BCUT2D eigenvalue weighted by Gasteiger charge is 2.51. The molecule has 0 saturated carbocycles. The number of halogens is 1. The Hall–Kier alpha value is -5.58. The third-order valence-electron chi connectivity index (χ3n) is 9.90. The highest BCUT2D eigenvalue weighted by molar-refractivity contribution is 9.09. The van der Waals surface area contributed by atoms with E-state index < -0.39 is 83.0 Å². The summed E-state index contributed by atoms with van der Waals surface area (Å²) in [6.07, 6.45) is -12.2. The van der Waals surface area contributed by atoms with Crippen LogP contribution < -0.4 is 4.74 Å². The maximum absolute atomic E-state index is 8.85. The van der Waals surface area contributed by atoms with Gasteiger partial charge in [0.1, 0.15) is 18.1 Å². The highest BCUT2D eigenvalue weighted by atomic mass is 79.9. The van der Waals surface area contributed by atoms with Crippen molar-refractivity contribution in [2.75, 3.05) is 39.4 Å². The second-order valence-electron chi connectivity index (χ2n) is 15.9. The molecule has 0 aliphatic heterocycles. The van der Waals surface area contributed by atoms with E-state index in [0.29, 0.717) is 13.2 Å². The predicted molar refractivity (Wildman–Crippen MR) is 370 cm³/mol. The second-order valence-corrected chi connectivity index (χ2v) is 16.7. The Kier molecular flexibility index (Phi) is 53.7. The van der Waals surface area contributed by atoms with Crippen LogP contribution in [0, 0.1) is 0 Å². The molecule has 0 aliphatic rings. The first kappa shape index (κ1) is 80.6. The van der Waals surface area contributed by atoms with Crippen molar-refractivity contribution in [2.24, 2.45) is 0 Å². The molecule has 3 N–H and O–H groups in total. The summed E-state index contributed by atoms with van der Waals surface area (Å²) in [7, 11) is 92.9. The van der Waals surface area contributed by atoms with Crippen LogP contribution in [0.4, 0.5) is 0 Å². The van der Waals surface area contributed by atoms with Gasteiger partial charge in [0, 0.05) is 259 Å². The summed E-state index contributed by atoms with van der Waals surface area (Å²) in [5.74, 6) is 0.963. The van der Waals surface area contributed by atoms with Crippen LogP contribution in [0.2, 0.25) is 0 Å². The van der Waals surface area contributed by atoms with Gasteiger partial charge in [-0.3, -0.25) is 0 Å². The molecule has 6 nitrogen and oxygen atoms in total. The summed E-state index contributed by atoms with van der Waals surface area (Å²) in [6.45, 7) is 8.54. The van der Waals surface area contributed by atoms with Crippen molar-refractivity contribution in [3.05, 3.63) is 216 Å². The Labute approximate surface area is 520 Å². The van der Waals surface area contributed by atoms with Crippen molar-refractivity contribution in [2.45, 2.75) is 13.2 Å². The Morgan fingerprint density at radius 2 is 0.707 bits per heavy atom. The van der Waals surface area contributed by atoms with Crippen molar-refractivity contribution in [1.29, 1.82) is 0 Å². The molecule has 348 valence electrons. The molecule has 0 aromatic heterocycles. The molecule has 0 aliphatic carbocycles. The van der Waals surface area contributed by atoms with Gasteiger partial charge in [0.05, 0.1) is 26.4 Å². The van der Waals surface area contributed by atoms with Gasteiger partial charge < -0.3 is 29.5 Å². The Morgan fingerprint density at radius 1 is 0.402 bits per heavy atom. The van der Waals surface area contributed by atoms with E-state index in [1.807, 2.05) is 24.3 Å². The smallest absolute Gasteiger partial charge is 0.119 e. The van der Waals surface area contributed by atoms with Crippen LogP contribution in [0.5, 0.6) is 11.5 Å². The number of aliphatic hydroxyl groups is 2. The molecule has 0 unspecified atom stereocenters. The summed E-state index contributed by atoms with van der Waals surface area (Å²) in [4.78, 5) is 0. The number of phenols is 1. The minimum absolute atomic E-state index is 0.0194. The van der Waals surface area contributed by atoms with Crippen LogP contribution >= 0.6 is 15.9 Å². The first-order valence-electron chi connectivity index (χ1n) is 24.1. The highest BCUT2D eigenvalue weighted by Crippen LogP contribution is 2.14. The number of aliphatic hydroxyl groups excluding tert-OH is 2. The number of aromatic hydroxyl groups is 1. The summed E-state index contributed by atoms with van der Waals surface area (Å²) in [5, 5.41) is 27.2. The second kappa shape index (κ2) is 54.7. The summed E-state index contributed by atoms with van der Waals surface area (Å²) < 4.78 is 14.8. The van der Waals surface area contributed by atoms with Crippen molar-refractivity contribution >= 4 is 215 Å². The molecule has 0 saturated heterocycles. The van der Waals surface area contributed by atoms with Crippen LogP contribution in [0.25, 0.3) is 0 Å². The number of hydrogen-bond donors (Lipinski definition) is 3. The minimum Gasteiger partial charge on any atom is -0.508 e. The molecular weight excluding hydrogens is 1040 g/mol. The molecule has 35 heteroatoms. The van der Waals surface area contributed by atoms with Gasteiger partial charge in [-0.25, -0.2) is 0 Å². The zero-order chi connectivity index (χ0) is 62.5. The third kappa shape index (κ3) is 42.3. The fraction of sp³-hybridized carbons (Fsp3) is 0.170. The molecular formula is C47H33B28BrO6. The Balaban J connectivity index is -0.00000106. The summed E-state index contributed by atoms with van der Waals surface area (Å²) in [5.41, 5.74) is 63.5. The Bertz CT molecular complexity index is 3070. The van der Waals surface area contributed by atoms with Gasteiger partial charge in [-0.05, 0) is 140 Å². The monoisotopic (exact) mass is 1080 g/mol. The molecule has 2 aromatic rings. The maximum atomic E-state index is 8.85. The fourth-order valence-corrected chi connectivity index (χ4v) is 6.88. The molecule has 0 atom stereocenters. The Morgan fingerprint density at radius 3 is 0.951 bits per heavy atom. The molecule has 2 rings (SSSR count). The van der Waals surface area contributed by atoms with Gasteiger partial charge in [-0.15, -0.1) is 0 Å². The predicted octanol–water partition coefficient (Wildman–Crippen LogP) is -2.87. The number of ether oxygens (including phenoxy) is 3. The molecule has 82 heavy (non-hydrogen) atoms. The van der Waals surface area contributed by atoms with Crippen LogP contribution in [-0.2, 0) is 22.7 Å². The molecule has 2 aromatic carbocycles. The van der Waals surface area contributed by atoms with Crippen LogP contribution in [0.3, 0.4) is 0 Å². The molecule has 30 radical (unpaired) electrons. The van der Waals surface area contributed by atoms with Gasteiger partial charge in [0.2, 0.25) is 0 Å². The number of phenolic OH excluding ortho intramolecular Hbond substituents is 1. The standard InChI is InChI=1S/C27H4.C10H14O3.C7H8O2.C3H7BrO.B28/c1-3-5-7-9-11-13-15-17-19-21-23-25-27-26-24-22-20-18-16-14-12-10-8-6-4-2;1-12-5-6-13-10-4-2-3-9(7-10)8-11;8-5-6-2-1-3-7(9)4-6;1-5-3-2-4;1-16(2)23(15)27(24(17(3)4)18(5)6)28(25(19(7)8)20(9)10)26(21(11)12)22(13)14/h1-2H2;2-4,7,11H,5-6,8H2,1H3;1-4,8-9H,5H2;2-3H2,1H3;. The average molecular weight is 1080 g/mol. The van der Waals surface area contributed by atoms with Crippen LogP contribution in [0.15, 0.2) is 205 Å². The summed E-state index contributed by atoms with van der Waals surface area (Å²) in [6, 6.07) is 13.9. The van der Waals surface area contributed by atoms with E-state index >= 15 is 0 Å². The minimum atomic E-state index is -1.03. The lowest BCUT2D eigenvalue weighted by atomic mass is 8.32. The SMILES string of the molecule is C=C=C=C=C=C=C=C=C=C=C=C=C=C=C=C=C=C=C=C=C=C=C=C=C=C=C.COCCBr.COCCOc1cccc(CO)c1.OCc1cccc(O)c1.[B]B([B])B([B])B(B(B([B])[B])B([B])[B])B(B(B([B])[B])B([B])[B])B(B([B])[B])B([B])[B]. The molecule has 0 heterocycles. The number of rotatable bonds is 20. The quantitative estimate of drug-likeness (QED) is 0.0574. The fourth-order valence-electron chi connectivity index (χ4n) is 6.56. The van der Waals surface area contributed by atoms with E-state index in [1.54, 1.807) is 32.4 Å². The van der Waals surface area contributed by atoms with Gasteiger partial charge in [-0.1, -0.05) is 51.7 Å². The first-order valence-corrected chi connectivity index (χ1v) is 25.2. The van der Waals surface area contributed by atoms with Gasteiger partial charge >= 0.3 is 0 Å². The molecule has 0 fully saturated rings. The molecule has 0 bridgehead atoms. The topological polar surface area (TPSA) is 88.4 Å². The lowest BCUT2D eigenvalue weighted by Gasteiger charge is -2.49. The van der Waals surface area contributed by atoms with E-state index in [0.717, 1.165) is 28.8 Å². The van der Waals surface area contributed by atoms with E-state index in [9.17, 15) is 0 Å². The zero-order valence-corrected chi connectivity index (χ0v) is 47.5.